The Morgan fingerprint density at radius 3 is 2.60 bits per heavy atom. The molecule has 2 aromatic carbocycles. The van der Waals surface area contributed by atoms with Crippen LogP contribution < -0.4 is 16.0 Å². The zero-order valence-corrected chi connectivity index (χ0v) is 13.3. The van der Waals surface area contributed by atoms with E-state index >= 15 is 0 Å². The van der Waals surface area contributed by atoms with Crippen LogP contribution >= 0.6 is 0 Å². The van der Waals surface area contributed by atoms with E-state index in [1.54, 1.807) is 25.3 Å². The number of aromatic amines is 2. The summed E-state index contributed by atoms with van der Waals surface area (Å²) >= 11 is 0. The average Bonchev–Trinajstić information content (AvgIpc) is 3.00. The third-order valence-corrected chi connectivity index (χ3v) is 3.96. The highest BCUT2D eigenvalue weighted by atomic mass is 16.5. The van der Waals surface area contributed by atoms with E-state index in [0.717, 1.165) is 15.8 Å². The average molecular weight is 334 g/mol. The molecule has 0 aliphatic heterocycles. The number of benzene rings is 2. The second kappa shape index (κ2) is 5.79. The minimum absolute atomic E-state index is 0.285. The van der Waals surface area contributed by atoms with Crippen molar-refractivity contribution in [3.05, 3.63) is 74.9 Å². The molecule has 0 atom stereocenters. The van der Waals surface area contributed by atoms with Crippen LogP contribution in [0, 0.1) is 0 Å². The van der Waals surface area contributed by atoms with Crippen LogP contribution in [0.1, 0.15) is 5.56 Å². The van der Waals surface area contributed by atoms with Crippen LogP contribution in [0.15, 0.2) is 63.2 Å². The SMILES string of the molecule is COc1ccc2[nH]c3c(=O)n(N=Cc4ccccc4)c(=O)[nH]c3c2c1. The first kappa shape index (κ1) is 14.9. The molecular formula is C18H14N4O3. The largest absolute Gasteiger partial charge is 0.497 e. The number of hydrogen-bond donors (Lipinski definition) is 2. The number of nitrogens with one attached hydrogen (secondary N) is 2. The van der Waals surface area contributed by atoms with E-state index in [9.17, 15) is 9.59 Å². The first-order valence-corrected chi connectivity index (χ1v) is 7.61. The van der Waals surface area contributed by atoms with Gasteiger partial charge >= 0.3 is 11.2 Å². The third-order valence-electron chi connectivity index (χ3n) is 3.96. The van der Waals surface area contributed by atoms with Gasteiger partial charge in [0.1, 0.15) is 11.3 Å². The first-order chi connectivity index (χ1) is 12.2. The Labute approximate surface area is 141 Å². The molecule has 7 nitrogen and oxygen atoms in total. The Balaban J connectivity index is 1.93. The van der Waals surface area contributed by atoms with Gasteiger partial charge in [-0.3, -0.25) is 4.79 Å². The summed E-state index contributed by atoms with van der Waals surface area (Å²) in [4.78, 5) is 30.7. The topological polar surface area (TPSA) is 92.2 Å². The monoisotopic (exact) mass is 334 g/mol. The van der Waals surface area contributed by atoms with Crippen LogP contribution in [-0.4, -0.2) is 28.0 Å². The zero-order chi connectivity index (χ0) is 17.4. The number of H-pyrrole nitrogens is 2. The number of hydrogen-bond acceptors (Lipinski definition) is 4. The fourth-order valence-corrected chi connectivity index (χ4v) is 2.71. The fourth-order valence-electron chi connectivity index (χ4n) is 2.71. The standard InChI is InChI=1S/C18H14N4O3/c1-25-12-7-8-14-13(9-12)15-16(20-14)17(23)22(18(24)21-15)19-10-11-5-3-2-4-6-11/h2-10,20H,1H3,(H,21,24). The Morgan fingerprint density at radius 2 is 1.84 bits per heavy atom. The molecule has 2 heterocycles. The Morgan fingerprint density at radius 1 is 1.04 bits per heavy atom. The molecule has 0 aliphatic rings. The molecular weight excluding hydrogens is 320 g/mol. The fraction of sp³-hybridized carbons (Fsp3) is 0.0556. The molecule has 0 fully saturated rings. The molecule has 2 aromatic heterocycles. The molecule has 0 aliphatic carbocycles. The van der Waals surface area contributed by atoms with Crippen LogP contribution in [0.2, 0.25) is 0 Å². The van der Waals surface area contributed by atoms with Gasteiger partial charge in [0.25, 0.3) is 0 Å². The van der Waals surface area contributed by atoms with Crippen molar-refractivity contribution >= 4 is 28.2 Å². The Kier molecular flexibility index (Phi) is 3.46. The molecule has 0 radical (unpaired) electrons. The molecule has 0 amide bonds. The van der Waals surface area contributed by atoms with Gasteiger partial charge in [-0.15, -0.1) is 4.68 Å². The molecule has 0 unspecified atom stereocenters. The first-order valence-electron chi connectivity index (χ1n) is 7.61. The maximum absolute atomic E-state index is 12.7. The Hall–Kier alpha value is -3.61. The lowest BCUT2D eigenvalue weighted by Crippen LogP contribution is -2.32. The van der Waals surface area contributed by atoms with Crippen LogP contribution in [0.3, 0.4) is 0 Å². The van der Waals surface area contributed by atoms with Crippen molar-refractivity contribution in [2.24, 2.45) is 5.10 Å². The minimum Gasteiger partial charge on any atom is -0.497 e. The molecule has 0 saturated carbocycles. The lowest BCUT2D eigenvalue weighted by atomic mass is 10.2. The normalized spacial score (nSPS) is 11.6. The van der Waals surface area contributed by atoms with E-state index < -0.39 is 11.2 Å². The van der Waals surface area contributed by atoms with E-state index in [1.165, 1.54) is 6.21 Å². The summed E-state index contributed by atoms with van der Waals surface area (Å²) in [5, 5.41) is 4.73. The van der Waals surface area contributed by atoms with E-state index in [-0.39, 0.29) is 5.52 Å². The predicted octanol–water partition coefficient (Wildman–Crippen LogP) is 2.06. The van der Waals surface area contributed by atoms with Crippen molar-refractivity contribution in [3.8, 4) is 5.75 Å². The van der Waals surface area contributed by atoms with Crippen molar-refractivity contribution in [2.75, 3.05) is 7.11 Å². The molecule has 4 aromatic rings. The summed E-state index contributed by atoms with van der Waals surface area (Å²) in [6, 6.07) is 14.6. The second-order valence-corrected chi connectivity index (χ2v) is 5.49. The van der Waals surface area contributed by atoms with Gasteiger partial charge in [0.2, 0.25) is 0 Å². The van der Waals surface area contributed by atoms with Crippen LogP contribution in [0.5, 0.6) is 5.75 Å². The zero-order valence-electron chi connectivity index (χ0n) is 13.3. The second-order valence-electron chi connectivity index (χ2n) is 5.49. The van der Waals surface area contributed by atoms with Gasteiger partial charge in [-0.2, -0.15) is 5.10 Å². The molecule has 0 bridgehead atoms. The number of methoxy groups -OCH3 is 1. The number of aromatic nitrogens is 3. The summed E-state index contributed by atoms with van der Waals surface area (Å²) in [6.45, 7) is 0. The number of ether oxygens (including phenoxy) is 1. The highest BCUT2D eigenvalue weighted by Gasteiger charge is 2.13. The van der Waals surface area contributed by atoms with Gasteiger partial charge in [-0.05, 0) is 23.8 Å². The molecule has 0 saturated heterocycles. The summed E-state index contributed by atoms with van der Waals surface area (Å²) in [5.74, 6) is 0.639. The predicted molar refractivity (Wildman–Crippen MR) is 96.7 cm³/mol. The molecule has 4 rings (SSSR count). The summed E-state index contributed by atoms with van der Waals surface area (Å²) in [5.41, 5.74) is 1.13. The third kappa shape index (κ3) is 2.51. The van der Waals surface area contributed by atoms with Gasteiger partial charge in [-0.1, -0.05) is 30.3 Å². The van der Waals surface area contributed by atoms with Gasteiger partial charge in [-0.25, -0.2) is 4.79 Å². The molecule has 0 spiro atoms. The van der Waals surface area contributed by atoms with Gasteiger partial charge < -0.3 is 14.7 Å². The van der Waals surface area contributed by atoms with Crippen molar-refractivity contribution < 1.29 is 4.74 Å². The maximum Gasteiger partial charge on any atom is 0.350 e. The molecule has 25 heavy (non-hydrogen) atoms. The molecule has 7 heteroatoms. The van der Waals surface area contributed by atoms with Crippen LogP contribution in [0.4, 0.5) is 0 Å². The number of fused-ring (bicyclic) bond motifs is 3. The smallest absolute Gasteiger partial charge is 0.350 e. The highest BCUT2D eigenvalue weighted by Crippen LogP contribution is 2.25. The number of rotatable bonds is 3. The Bertz CT molecular complexity index is 1220. The van der Waals surface area contributed by atoms with Crippen LogP contribution in [0.25, 0.3) is 21.9 Å². The maximum atomic E-state index is 12.7. The van der Waals surface area contributed by atoms with Crippen molar-refractivity contribution in [1.82, 2.24) is 14.6 Å². The van der Waals surface area contributed by atoms with E-state index in [1.807, 2.05) is 30.3 Å². The summed E-state index contributed by atoms with van der Waals surface area (Å²) in [7, 11) is 1.56. The van der Waals surface area contributed by atoms with Crippen molar-refractivity contribution in [3.63, 3.8) is 0 Å². The summed E-state index contributed by atoms with van der Waals surface area (Å²) < 4.78 is 6.01. The molecule has 124 valence electrons. The lowest BCUT2D eigenvalue weighted by Gasteiger charge is -1.99. The highest BCUT2D eigenvalue weighted by molar-refractivity contribution is 6.04. The van der Waals surface area contributed by atoms with Crippen LogP contribution in [-0.2, 0) is 0 Å². The quantitative estimate of drug-likeness (QED) is 0.562. The van der Waals surface area contributed by atoms with Crippen molar-refractivity contribution in [1.29, 1.82) is 0 Å². The molecule has 2 N–H and O–H groups in total. The van der Waals surface area contributed by atoms with E-state index in [0.29, 0.717) is 16.7 Å². The van der Waals surface area contributed by atoms with Crippen molar-refractivity contribution in [2.45, 2.75) is 0 Å². The van der Waals surface area contributed by atoms with Gasteiger partial charge in [0, 0.05) is 10.9 Å². The van der Waals surface area contributed by atoms with E-state index in [2.05, 4.69) is 15.1 Å². The van der Waals surface area contributed by atoms with Gasteiger partial charge in [0.15, 0.2) is 0 Å². The minimum atomic E-state index is -0.603. The lowest BCUT2D eigenvalue weighted by molar-refractivity contribution is 0.415. The number of nitrogens with zero attached hydrogens (tertiary/aromatic N) is 2. The summed E-state index contributed by atoms with van der Waals surface area (Å²) in [6.07, 6.45) is 1.47. The van der Waals surface area contributed by atoms with Gasteiger partial charge in [0.05, 0.1) is 18.8 Å². The van der Waals surface area contributed by atoms with E-state index in [4.69, 9.17) is 4.74 Å².